The van der Waals surface area contributed by atoms with Crippen LogP contribution in [-0.2, 0) is 36.8 Å². The highest BCUT2D eigenvalue weighted by molar-refractivity contribution is 6.37. The molecule has 5 amide bonds. The lowest BCUT2D eigenvalue weighted by atomic mass is 9.80. The number of primary amides is 1. The summed E-state index contributed by atoms with van der Waals surface area (Å²) < 4.78 is 0. The molecular formula is C34H47N5O7. The van der Waals surface area contributed by atoms with E-state index in [0.717, 1.165) is 30.4 Å². The van der Waals surface area contributed by atoms with Gasteiger partial charge in [0.25, 0.3) is 5.91 Å². The smallest absolute Gasteiger partial charge is 0.326 e. The Labute approximate surface area is 269 Å². The fourth-order valence-electron chi connectivity index (χ4n) is 7.89. The standard InChI is InChI=1S/C34H47N5O7/c1-33(2,3)27(31(44)45)38-32(46)37-24(20-14-18-11-6-7-12-19(18)15-20)30(43)39-16-21-23(34(21,4)5)25(39)29(42)36-22(26(40)28(35)41)13-17-9-8-10-17/h6-7,11-12,17,20-25,27H,8-10,13-16H2,1-5H3,(H2,35,41)(H,36,42)(H,44,45)(H2,37,38,46)/t21-,22?,23-,24-,25-,27+/m0/s1. The van der Waals surface area contributed by atoms with E-state index in [4.69, 9.17) is 5.73 Å². The van der Waals surface area contributed by atoms with Gasteiger partial charge in [0.05, 0.1) is 6.04 Å². The lowest BCUT2D eigenvalue weighted by molar-refractivity contribution is -0.144. The summed E-state index contributed by atoms with van der Waals surface area (Å²) in [5.74, 6) is -4.36. The van der Waals surface area contributed by atoms with Gasteiger partial charge in [0.1, 0.15) is 18.1 Å². The van der Waals surface area contributed by atoms with Crippen LogP contribution in [0.1, 0.15) is 71.4 Å². The number of Topliss-reactive ketones (excluding diaryl/α,β-unsaturated/α-hetero) is 1. The second-order valence-corrected chi connectivity index (χ2v) is 15.4. The molecule has 1 heterocycles. The topological polar surface area (TPSA) is 188 Å². The van der Waals surface area contributed by atoms with Crippen molar-refractivity contribution >= 4 is 35.5 Å². The molecule has 250 valence electrons. The third kappa shape index (κ3) is 6.48. The molecule has 46 heavy (non-hydrogen) atoms. The largest absolute Gasteiger partial charge is 0.480 e. The summed E-state index contributed by atoms with van der Waals surface area (Å²) in [4.78, 5) is 80.0. The zero-order valence-electron chi connectivity index (χ0n) is 27.3. The van der Waals surface area contributed by atoms with Gasteiger partial charge in [-0.15, -0.1) is 0 Å². The Hall–Kier alpha value is -3.96. The summed E-state index contributed by atoms with van der Waals surface area (Å²) in [5, 5.41) is 17.9. The number of carbonyl (C=O) groups excluding carboxylic acids is 5. The van der Waals surface area contributed by atoms with Crippen LogP contribution in [0.3, 0.4) is 0 Å². The number of likely N-dealkylation sites (tertiary alicyclic amines) is 1. The van der Waals surface area contributed by atoms with Crippen molar-refractivity contribution in [2.75, 3.05) is 6.54 Å². The number of hydrogen-bond donors (Lipinski definition) is 5. The highest BCUT2D eigenvalue weighted by atomic mass is 16.4. The van der Waals surface area contributed by atoms with Crippen molar-refractivity contribution in [3.63, 3.8) is 0 Å². The SMILES string of the molecule is CC(C)(C)[C@H](NC(=O)N[C@H](C(=O)N1C[C@H]2[C@@H]([C@H]1C(=O)NC(CC1CCC1)C(=O)C(N)=O)C2(C)C)C1Cc2ccccc2C1)C(=O)O. The molecule has 12 nitrogen and oxygen atoms in total. The van der Waals surface area contributed by atoms with Gasteiger partial charge in [-0.3, -0.25) is 19.2 Å². The molecule has 1 aromatic carbocycles. The molecule has 3 aliphatic carbocycles. The molecule has 1 saturated heterocycles. The average Bonchev–Trinajstić information content (AvgIpc) is 3.32. The number of ketones is 1. The van der Waals surface area contributed by atoms with Crippen molar-refractivity contribution in [3.05, 3.63) is 35.4 Å². The molecule has 0 spiro atoms. The molecule has 0 aromatic heterocycles. The van der Waals surface area contributed by atoms with Crippen LogP contribution < -0.4 is 21.7 Å². The number of benzene rings is 1. The number of carbonyl (C=O) groups is 6. The minimum Gasteiger partial charge on any atom is -0.480 e. The number of carboxylic acids is 1. The fraction of sp³-hybridized carbons (Fsp3) is 0.647. The molecule has 5 rings (SSSR count). The molecule has 6 N–H and O–H groups in total. The number of piperidine rings is 1. The van der Waals surface area contributed by atoms with Crippen LogP contribution in [0.15, 0.2) is 24.3 Å². The number of fused-ring (bicyclic) bond motifs is 2. The van der Waals surface area contributed by atoms with Crippen molar-refractivity contribution in [3.8, 4) is 0 Å². The van der Waals surface area contributed by atoms with Gasteiger partial charge in [-0.1, -0.05) is 78.1 Å². The van der Waals surface area contributed by atoms with E-state index in [9.17, 15) is 33.9 Å². The number of aliphatic carboxylic acids is 1. The first-order valence-electron chi connectivity index (χ1n) is 16.3. The molecule has 0 bridgehead atoms. The predicted octanol–water partition coefficient (Wildman–Crippen LogP) is 1.78. The summed E-state index contributed by atoms with van der Waals surface area (Å²) in [5.41, 5.74) is 6.45. The first-order chi connectivity index (χ1) is 21.5. The van der Waals surface area contributed by atoms with Crippen molar-refractivity contribution < 1.29 is 33.9 Å². The summed E-state index contributed by atoms with van der Waals surface area (Å²) in [7, 11) is 0. The van der Waals surface area contributed by atoms with Crippen LogP contribution in [0, 0.1) is 34.5 Å². The molecule has 1 aromatic rings. The van der Waals surface area contributed by atoms with E-state index in [-0.39, 0.29) is 29.1 Å². The molecule has 4 aliphatic rings. The second kappa shape index (κ2) is 12.3. The number of amides is 5. The lowest BCUT2D eigenvalue weighted by Gasteiger charge is -2.36. The van der Waals surface area contributed by atoms with E-state index < -0.39 is 65.1 Å². The minimum absolute atomic E-state index is 0.0386. The Morgan fingerprint density at radius 2 is 1.61 bits per heavy atom. The van der Waals surface area contributed by atoms with Gasteiger partial charge < -0.3 is 31.7 Å². The third-order valence-electron chi connectivity index (χ3n) is 10.9. The number of nitrogens with one attached hydrogen (secondary N) is 3. The average molecular weight is 638 g/mol. The molecule has 12 heteroatoms. The van der Waals surface area contributed by atoms with E-state index in [2.05, 4.69) is 16.0 Å². The van der Waals surface area contributed by atoms with Crippen LogP contribution >= 0.6 is 0 Å². The number of hydrogen-bond acceptors (Lipinski definition) is 6. The van der Waals surface area contributed by atoms with E-state index in [1.165, 1.54) is 4.90 Å². The second-order valence-electron chi connectivity index (χ2n) is 15.4. The van der Waals surface area contributed by atoms with Gasteiger partial charge in [-0.25, -0.2) is 9.59 Å². The van der Waals surface area contributed by atoms with Gasteiger partial charge in [0, 0.05) is 6.54 Å². The van der Waals surface area contributed by atoms with E-state index in [1.807, 2.05) is 38.1 Å². The Kier molecular flexibility index (Phi) is 8.96. The normalized spacial score (nSPS) is 25.2. The third-order valence-corrected chi connectivity index (χ3v) is 10.9. The maximum absolute atomic E-state index is 14.5. The highest BCUT2D eigenvalue weighted by Crippen LogP contribution is 2.65. The molecule has 1 aliphatic heterocycles. The van der Waals surface area contributed by atoms with Gasteiger partial charge in [0.15, 0.2) is 0 Å². The van der Waals surface area contributed by atoms with Crippen molar-refractivity contribution in [2.24, 2.45) is 40.2 Å². The van der Waals surface area contributed by atoms with Gasteiger partial charge in [-0.05, 0) is 64.9 Å². The highest BCUT2D eigenvalue weighted by Gasteiger charge is 2.70. The summed E-state index contributed by atoms with van der Waals surface area (Å²) >= 11 is 0. The summed E-state index contributed by atoms with van der Waals surface area (Å²) in [6.07, 6.45) is 4.19. The van der Waals surface area contributed by atoms with Gasteiger partial charge in [-0.2, -0.15) is 0 Å². The number of rotatable bonds is 11. The van der Waals surface area contributed by atoms with Crippen LogP contribution in [0.2, 0.25) is 0 Å². The van der Waals surface area contributed by atoms with E-state index >= 15 is 0 Å². The van der Waals surface area contributed by atoms with E-state index in [0.29, 0.717) is 25.8 Å². The maximum Gasteiger partial charge on any atom is 0.326 e. The molecule has 2 saturated carbocycles. The first kappa shape index (κ1) is 33.4. The van der Waals surface area contributed by atoms with E-state index in [1.54, 1.807) is 20.8 Å². The summed E-state index contributed by atoms with van der Waals surface area (Å²) in [6, 6.07) is 2.80. The quantitative estimate of drug-likeness (QED) is 0.229. The van der Waals surface area contributed by atoms with Crippen LogP contribution in [0.25, 0.3) is 0 Å². The molecule has 6 atom stereocenters. The van der Waals surface area contributed by atoms with Gasteiger partial charge in [0.2, 0.25) is 17.6 Å². The summed E-state index contributed by atoms with van der Waals surface area (Å²) in [6.45, 7) is 9.48. The fourth-order valence-corrected chi connectivity index (χ4v) is 7.89. The van der Waals surface area contributed by atoms with Crippen LogP contribution in [0.4, 0.5) is 4.79 Å². The van der Waals surface area contributed by atoms with Crippen molar-refractivity contribution in [1.29, 1.82) is 0 Å². The molecular weight excluding hydrogens is 590 g/mol. The number of carboxylic acid groups (broad SMARTS) is 1. The van der Waals surface area contributed by atoms with Crippen LogP contribution in [0.5, 0.6) is 0 Å². The van der Waals surface area contributed by atoms with Crippen LogP contribution in [-0.4, -0.2) is 76.2 Å². The lowest BCUT2D eigenvalue weighted by Crippen LogP contribution is -2.61. The molecule has 0 radical (unpaired) electrons. The molecule has 3 fully saturated rings. The Morgan fingerprint density at radius 3 is 2.11 bits per heavy atom. The molecule has 1 unspecified atom stereocenters. The zero-order valence-corrected chi connectivity index (χ0v) is 27.3. The predicted molar refractivity (Wildman–Crippen MR) is 168 cm³/mol. The Bertz CT molecular complexity index is 1410. The number of nitrogens with zero attached hydrogens (tertiary/aromatic N) is 1. The number of urea groups is 1. The Morgan fingerprint density at radius 1 is 1.00 bits per heavy atom. The van der Waals surface area contributed by atoms with Crippen molar-refractivity contribution in [2.45, 2.75) is 97.3 Å². The monoisotopic (exact) mass is 637 g/mol. The minimum atomic E-state index is -1.21. The van der Waals surface area contributed by atoms with Crippen molar-refractivity contribution in [1.82, 2.24) is 20.9 Å². The maximum atomic E-state index is 14.5. The first-order valence-corrected chi connectivity index (χ1v) is 16.3. The van der Waals surface area contributed by atoms with Gasteiger partial charge >= 0.3 is 12.0 Å². The zero-order chi connectivity index (χ0) is 33.7. The Balaban J connectivity index is 1.40. The number of nitrogens with two attached hydrogens (primary N) is 1.